The molecule has 1 atom stereocenters. The van der Waals surface area contributed by atoms with Gasteiger partial charge in [0.1, 0.15) is 0 Å². The van der Waals surface area contributed by atoms with Gasteiger partial charge in [-0.1, -0.05) is 6.92 Å². The summed E-state index contributed by atoms with van der Waals surface area (Å²) in [7, 11) is 3.59. The summed E-state index contributed by atoms with van der Waals surface area (Å²) in [4.78, 5) is 6.73. The predicted molar refractivity (Wildman–Crippen MR) is 76.1 cm³/mol. The highest BCUT2D eigenvalue weighted by Gasteiger charge is 2.23. The summed E-state index contributed by atoms with van der Waals surface area (Å²) in [5.41, 5.74) is 0. The quantitative estimate of drug-likeness (QED) is 0.519. The molecular weight excluding hydrogens is 228 g/mol. The van der Waals surface area contributed by atoms with E-state index in [1.54, 1.807) is 7.11 Å². The molecule has 1 saturated heterocycles. The Kier molecular flexibility index (Phi) is 7.76. The topological polar surface area (TPSA) is 48.9 Å². The van der Waals surface area contributed by atoms with Crippen LogP contribution in [-0.2, 0) is 4.74 Å². The van der Waals surface area contributed by atoms with E-state index in [1.165, 1.54) is 19.4 Å². The third kappa shape index (κ3) is 5.23. The van der Waals surface area contributed by atoms with Crippen LogP contribution >= 0.6 is 0 Å². The second-order valence-electron chi connectivity index (χ2n) is 4.70. The van der Waals surface area contributed by atoms with Crippen LogP contribution in [0.2, 0.25) is 0 Å². The maximum Gasteiger partial charge on any atom is 0.191 e. The van der Waals surface area contributed by atoms with Crippen LogP contribution in [-0.4, -0.2) is 63.8 Å². The van der Waals surface area contributed by atoms with Crippen molar-refractivity contribution in [2.45, 2.75) is 32.2 Å². The highest BCUT2D eigenvalue weighted by Crippen LogP contribution is 2.15. The van der Waals surface area contributed by atoms with Crippen molar-refractivity contribution in [1.29, 1.82) is 0 Å². The molecule has 2 N–H and O–H groups in total. The number of nitrogens with zero attached hydrogens (tertiary/aromatic N) is 2. The van der Waals surface area contributed by atoms with Crippen LogP contribution in [0.3, 0.4) is 0 Å². The van der Waals surface area contributed by atoms with Crippen LogP contribution in [0.4, 0.5) is 0 Å². The molecule has 0 saturated carbocycles. The lowest BCUT2D eigenvalue weighted by Crippen LogP contribution is -2.45. The Morgan fingerprint density at radius 2 is 2.28 bits per heavy atom. The molecule has 0 aromatic heterocycles. The van der Waals surface area contributed by atoms with Crippen molar-refractivity contribution in [2.24, 2.45) is 4.99 Å². The van der Waals surface area contributed by atoms with E-state index in [2.05, 4.69) is 27.4 Å². The van der Waals surface area contributed by atoms with E-state index < -0.39 is 0 Å². The summed E-state index contributed by atoms with van der Waals surface area (Å²) in [5.74, 6) is 0.912. The molecule has 0 radical (unpaired) electrons. The van der Waals surface area contributed by atoms with Crippen LogP contribution in [0.25, 0.3) is 0 Å². The zero-order chi connectivity index (χ0) is 13.2. The van der Waals surface area contributed by atoms with Gasteiger partial charge in [0.15, 0.2) is 5.96 Å². The van der Waals surface area contributed by atoms with E-state index in [4.69, 9.17) is 4.74 Å². The maximum atomic E-state index is 5.15. The number of methoxy groups -OCH3 is 1. The Bertz CT molecular complexity index is 245. The summed E-state index contributed by atoms with van der Waals surface area (Å²) in [6.07, 6.45) is 3.67. The van der Waals surface area contributed by atoms with Crippen molar-refractivity contribution in [1.82, 2.24) is 15.5 Å². The van der Waals surface area contributed by atoms with Crippen LogP contribution in [0, 0.1) is 0 Å². The van der Waals surface area contributed by atoms with Gasteiger partial charge in [-0.2, -0.15) is 0 Å². The van der Waals surface area contributed by atoms with Crippen molar-refractivity contribution in [3.8, 4) is 0 Å². The number of rotatable bonds is 7. The molecule has 1 heterocycles. The average molecular weight is 256 g/mol. The Morgan fingerprint density at radius 3 is 2.94 bits per heavy atom. The van der Waals surface area contributed by atoms with E-state index in [9.17, 15) is 0 Å². The Balaban J connectivity index is 2.27. The van der Waals surface area contributed by atoms with Gasteiger partial charge in [-0.3, -0.25) is 9.89 Å². The van der Waals surface area contributed by atoms with E-state index in [0.717, 1.165) is 38.6 Å². The number of aliphatic imine (C=N–C) groups is 1. The van der Waals surface area contributed by atoms with Gasteiger partial charge in [0.2, 0.25) is 0 Å². The second kappa shape index (κ2) is 9.16. The molecule has 5 heteroatoms. The molecule has 0 aliphatic carbocycles. The first kappa shape index (κ1) is 15.2. The summed E-state index contributed by atoms with van der Waals surface area (Å²) >= 11 is 0. The summed E-state index contributed by atoms with van der Waals surface area (Å²) in [6.45, 7) is 7.13. The zero-order valence-electron chi connectivity index (χ0n) is 12.0. The lowest BCUT2D eigenvalue weighted by molar-refractivity contribution is 0.141. The molecule has 1 aliphatic heterocycles. The predicted octanol–water partition coefficient (Wildman–Crippen LogP) is 0.672. The standard InChI is InChI=1S/C13H28N4O/c1-4-7-15-13(14-2)16-11-12-6-5-8-17(12)9-10-18-3/h12H,4-11H2,1-3H3,(H2,14,15,16). The third-order valence-electron chi connectivity index (χ3n) is 3.35. The molecule has 0 aromatic rings. The third-order valence-corrected chi connectivity index (χ3v) is 3.35. The first-order valence-electron chi connectivity index (χ1n) is 6.99. The minimum absolute atomic E-state index is 0.611. The van der Waals surface area contributed by atoms with Crippen molar-refractivity contribution < 1.29 is 4.74 Å². The molecule has 1 aliphatic rings. The number of nitrogens with one attached hydrogen (secondary N) is 2. The van der Waals surface area contributed by atoms with E-state index >= 15 is 0 Å². The SMILES string of the molecule is CCCNC(=NC)NCC1CCCN1CCOC. The summed E-state index contributed by atoms with van der Waals surface area (Å²) in [6, 6.07) is 0.611. The van der Waals surface area contributed by atoms with Crippen LogP contribution < -0.4 is 10.6 Å². The molecule has 1 fully saturated rings. The minimum atomic E-state index is 0.611. The van der Waals surface area contributed by atoms with Gasteiger partial charge in [-0.05, 0) is 25.8 Å². The van der Waals surface area contributed by atoms with E-state index in [1.807, 2.05) is 7.05 Å². The lowest BCUT2D eigenvalue weighted by Gasteiger charge is -2.25. The smallest absolute Gasteiger partial charge is 0.191 e. The fourth-order valence-electron chi connectivity index (χ4n) is 2.31. The zero-order valence-corrected chi connectivity index (χ0v) is 12.0. The van der Waals surface area contributed by atoms with Crippen molar-refractivity contribution in [3.63, 3.8) is 0 Å². The van der Waals surface area contributed by atoms with Gasteiger partial charge in [-0.15, -0.1) is 0 Å². The van der Waals surface area contributed by atoms with Crippen LogP contribution in [0.15, 0.2) is 4.99 Å². The molecule has 0 bridgehead atoms. The molecule has 0 aromatic carbocycles. The van der Waals surface area contributed by atoms with Crippen molar-refractivity contribution in [2.75, 3.05) is 46.9 Å². The summed E-state index contributed by atoms with van der Waals surface area (Å²) in [5, 5.41) is 6.71. The molecular formula is C13H28N4O. The highest BCUT2D eigenvalue weighted by molar-refractivity contribution is 5.79. The van der Waals surface area contributed by atoms with Gasteiger partial charge < -0.3 is 15.4 Å². The number of ether oxygens (including phenoxy) is 1. The Hall–Kier alpha value is -0.810. The Labute approximate surface area is 111 Å². The second-order valence-corrected chi connectivity index (χ2v) is 4.70. The maximum absolute atomic E-state index is 5.15. The van der Waals surface area contributed by atoms with Gasteiger partial charge in [0.05, 0.1) is 6.61 Å². The van der Waals surface area contributed by atoms with Crippen molar-refractivity contribution in [3.05, 3.63) is 0 Å². The normalized spacial score (nSPS) is 21.3. The lowest BCUT2D eigenvalue weighted by atomic mass is 10.2. The monoisotopic (exact) mass is 256 g/mol. The molecule has 5 nitrogen and oxygen atoms in total. The first-order chi connectivity index (χ1) is 8.81. The number of hydrogen-bond acceptors (Lipinski definition) is 3. The number of guanidine groups is 1. The average Bonchev–Trinajstić information content (AvgIpc) is 2.84. The van der Waals surface area contributed by atoms with Gasteiger partial charge in [0, 0.05) is 39.8 Å². The number of likely N-dealkylation sites (tertiary alicyclic amines) is 1. The van der Waals surface area contributed by atoms with Crippen LogP contribution in [0.1, 0.15) is 26.2 Å². The largest absolute Gasteiger partial charge is 0.383 e. The van der Waals surface area contributed by atoms with Crippen LogP contribution in [0.5, 0.6) is 0 Å². The molecule has 18 heavy (non-hydrogen) atoms. The molecule has 0 amide bonds. The van der Waals surface area contributed by atoms with Crippen molar-refractivity contribution >= 4 is 5.96 Å². The minimum Gasteiger partial charge on any atom is -0.383 e. The fraction of sp³-hybridized carbons (Fsp3) is 0.923. The van der Waals surface area contributed by atoms with E-state index in [0.29, 0.717) is 6.04 Å². The highest BCUT2D eigenvalue weighted by atomic mass is 16.5. The Morgan fingerprint density at radius 1 is 1.44 bits per heavy atom. The molecule has 1 unspecified atom stereocenters. The first-order valence-corrected chi connectivity index (χ1v) is 6.99. The molecule has 1 rings (SSSR count). The van der Waals surface area contributed by atoms with Gasteiger partial charge >= 0.3 is 0 Å². The molecule has 0 spiro atoms. The summed E-state index contributed by atoms with van der Waals surface area (Å²) < 4.78 is 5.15. The fourth-order valence-corrected chi connectivity index (χ4v) is 2.31. The van der Waals surface area contributed by atoms with Gasteiger partial charge in [0.25, 0.3) is 0 Å². The molecule has 106 valence electrons. The number of hydrogen-bond donors (Lipinski definition) is 2. The van der Waals surface area contributed by atoms with Gasteiger partial charge in [-0.25, -0.2) is 0 Å². The van der Waals surface area contributed by atoms with E-state index in [-0.39, 0.29) is 0 Å².